The predicted octanol–water partition coefficient (Wildman–Crippen LogP) is 4.04. The monoisotopic (exact) mass is 374 g/mol. The van der Waals surface area contributed by atoms with Crippen molar-refractivity contribution in [1.29, 1.82) is 0 Å². The van der Waals surface area contributed by atoms with Crippen LogP contribution in [0.4, 0.5) is 0 Å². The average Bonchev–Trinajstić information content (AvgIpc) is 2.56. The maximum absolute atomic E-state index is 12.0. The van der Waals surface area contributed by atoms with Crippen LogP contribution in [0.3, 0.4) is 0 Å². The van der Waals surface area contributed by atoms with Crippen LogP contribution in [0, 0.1) is 5.92 Å². The number of nitrogens with zero attached hydrogens (tertiary/aromatic N) is 1. The van der Waals surface area contributed by atoms with Crippen molar-refractivity contribution in [2.45, 2.75) is 91.0 Å². The molecule has 1 fully saturated rings. The van der Waals surface area contributed by atoms with Crippen molar-refractivity contribution in [1.82, 2.24) is 10.2 Å². The first-order valence-electron chi connectivity index (χ1n) is 9.80. The molecule has 0 aromatic heterocycles. The van der Waals surface area contributed by atoms with E-state index in [1.54, 1.807) is 0 Å². The highest BCUT2D eigenvalue weighted by atomic mass is 35.5. The molecule has 5 nitrogen and oxygen atoms in total. The summed E-state index contributed by atoms with van der Waals surface area (Å²) in [5.74, 6) is 0.0599. The van der Waals surface area contributed by atoms with E-state index in [1.165, 1.54) is 39.0 Å². The van der Waals surface area contributed by atoms with Gasteiger partial charge in [0.05, 0.1) is 0 Å². The SMILES string of the molecule is CCCCCCCC1CCC(NC(C)=O)(C(=O)Cl)OC1N(CC)CC. The summed E-state index contributed by atoms with van der Waals surface area (Å²) >= 11 is 5.83. The molecular weight excluding hydrogens is 340 g/mol. The lowest BCUT2D eigenvalue weighted by molar-refractivity contribution is -0.215. The van der Waals surface area contributed by atoms with Gasteiger partial charge in [-0.2, -0.15) is 0 Å². The molecule has 1 saturated heterocycles. The van der Waals surface area contributed by atoms with Gasteiger partial charge in [-0.1, -0.05) is 52.9 Å². The van der Waals surface area contributed by atoms with Gasteiger partial charge in [-0.25, -0.2) is 0 Å². The molecule has 0 aliphatic carbocycles. The van der Waals surface area contributed by atoms with E-state index >= 15 is 0 Å². The first-order chi connectivity index (χ1) is 11.9. The summed E-state index contributed by atoms with van der Waals surface area (Å²) in [6.45, 7) is 9.44. The highest BCUT2D eigenvalue weighted by Crippen LogP contribution is 2.37. The number of nitrogens with one attached hydrogen (secondary N) is 1. The Kier molecular flexibility index (Phi) is 9.98. The van der Waals surface area contributed by atoms with Crippen molar-refractivity contribution in [2.24, 2.45) is 5.92 Å². The standard InChI is InChI=1S/C19H35ClN2O3/c1-5-8-9-10-11-12-16-13-14-19(18(20)24,21-15(4)23)25-17(16)22(6-2)7-3/h16-17H,5-14H2,1-4H3,(H,21,23). The van der Waals surface area contributed by atoms with Gasteiger partial charge in [0, 0.05) is 13.3 Å². The van der Waals surface area contributed by atoms with Crippen molar-refractivity contribution in [3.63, 3.8) is 0 Å². The Labute approximate surface area is 157 Å². The Morgan fingerprint density at radius 3 is 2.32 bits per heavy atom. The molecule has 0 bridgehead atoms. The molecule has 6 heteroatoms. The normalized spacial score (nSPS) is 26.6. The summed E-state index contributed by atoms with van der Waals surface area (Å²) < 4.78 is 6.19. The quantitative estimate of drug-likeness (QED) is 0.438. The Bertz CT molecular complexity index is 429. The topological polar surface area (TPSA) is 58.6 Å². The molecular formula is C19H35ClN2O3. The summed E-state index contributed by atoms with van der Waals surface area (Å²) in [6, 6.07) is 0. The summed E-state index contributed by atoms with van der Waals surface area (Å²) in [7, 11) is 0. The lowest BCUT2D eigenvalue weighted by Crippen LogP contribution is -2.62. The highest BCUT2D eigenvalue weighted by Gasteiger charge is 2.48. The van der Waals surface area contributed by atoms with E-state index in [2.05, 4.69) is 31.0 Å². The minimum Gasteiger partial charge on any atom is -0.328 e. The fraction of sp³-hybridized carbons (Fsp3) is 0.895. The zero-order valence-corrected chi connectivity index (χ0v) is 17.0. The molecule has 0 saturated carbocycles. The third-order valence-corrected chi connectivity index (χ3v) is 5.44. The molecule has 0 spiro atoms. The Morgan fingerprint density at radius 2 is 1.80 bits per heavy atom. The van der Waals surface area contributed by atoms with Crippen molar-refractivity contribution in [3.05, 3.63) is 0 Å². The predicted molar refractivity (Wildman–Crippen MR) is 101 cm³/mol. The first kappa shape index (κ1) is 22.4. The number of rotatable bonds is 11. The van der Waals surface area contributed by atoms with Gasteiger partial charge in [-0.3, -0.25) is 14.5 Å². The number of unbranched alkanes of at least 4 members (excludes halogenated alkanes) is 4. The van der Waals surface area contributed by atoms with E-state index in [1.807, 2.05) is 0 Å². The number of ether oxygens (including phenoxy) is 1. The number of hydrogen-bond donors (Lipinski definition) is 1. The van der Waals surface area contributed by atoms with Gasteiger partial charge in [0.1, 0.15) is 6.23 Å². The fourth-order valence-electron chi connectivity index (χ4n) is 3.72. The molecule has 0 radical (unpaired) electrons. The van der Waals surface area contributed by atoms with Gasteiger partial charge < -0.3 is 10.1 Å². The number of carbonyl (C=O) groups excluding carboxylic acids is 2. The molecule has 1 aliphatic heterocycles. The van der Waals surface area contributed by atoms with Crippen LogP contribution in [0.25, 0.3) is 0 Å². The minimum absolute atomic E-state index is 0.190. The van der Waals surface area contributed by atoms with Crippen LogP contribution in [0.2, 0.25) is 0 Å². The Morgan fingerprint density at radius 1 is 1.16 bits per heavy atom. The second-order valence-corrected chi connectivity index (χ2v) is 7.36. The molecule has 1 rings (SSSR count). The van der Waals surface area contributed by atoms with Crippen LogP contribution < -0.4 is 5.32 Å². The zero-order chi connectivity index (χ0) is 18.9. The fourth-order valence-corrected chi connectivity index (χ4v) is 3.90. The van der Waals surface area contributed by atoms with Crippen LogP contribution in [-0.4, -0.2) is 41.1 Å². The molecule has 1 amide bonds. The van der Waals surface area contributed by atoms with Crippen LogP contribution in [-0.2, 0) is 14.3 Å². The van der Waals surface area contributed by atoms with Crippen molar-refractivity contribution in [2.75, 3.05) is 13.1 Å². The molecule has 1 aliphatic rings. The molecule has 1 N–H and O–H groups in total. The van der Waals surface area contributed by atoms with Crippen molar-refractivity contribution >= 4 is 22.8 Å². The van der Waals surface area contributed by atoms with Crippen LogP contribution in [0.5, 0.6) is 0 Å². The minimum atomic E-state index is -1.39. The maximum atomic E-state index is 12.0. The smallest absolute Gasteiger partial charge is 0.274 e. The molecule has 3 unspecified atom stereocenters. The molecule has 146 valence electrons. The molecule has 3 atom stereocenters. The molecule has 0 aromatic rings. The van der Waals surface area contributed by atoms with Gasteiger partial charge in [0.25, 0.3) is 5.24 Å². The van der Waals surface area contributed by atoms with E-state index in [-0.39, 0.29) is 12.1 Å². The lowest BCUT2D eigenvalue weighted by atomic mass is 9.87. The van der Waals surface area contributed by atoms with E-state index in [9.17, 15) is 9.59 Å². The Hall–Kier alpha value is -0.650. The van der Waals surface area contributed by atoms with Gasteiger partial charge in [-0.15, -0.1) is 0 Å². The first-order valence-corrected chi connectivity index (χ1v) is 10.2. The second kappa shape index (κ2) is 11.1. The Balaban J connectivity index is 2.83. The van der Waals surface area contributed by atoms with E-state index in [0.29, 0.717) is 12.3 Å². The average molecular weight is 375 g/mol. The molecule has 25 heavy (non-hydrogen) atoms. The summed E-state index contributed by atoms with van der Waals surface area (Å²) in [6.07, 6.45) is 8.37. The highest BCUT2D eigenvalue weighted by molar-refractivity contribution is 6.65. The largest absolute Gasteiger partial charge is 0.328 e. The number of hydrogen-bond acceptors (Lipinski definition) is 4. The lowest BCUT2D eigenvalue weighted by Gasteiger charge is -2.46. The van der Waals surface area contributed by atoms with Gasteiger partial charge in [0.15, 0.2) is 0 Å². The van der Waals surface area contributed by atoms with E-state index in [0.717, 1.165) is 25.9 Å². The van der Waals surface area contributed by atoms with Gasteiger partial charge in [0.2, 0.25) is 11.6 Å². The number of amides is 1. The summed E-state index contributed by atoms with van der Waals surface area (Å²) in [5.41, 5.74) is -1.39. The van der Waals surface area contributed by atoms with E-state index in [4.69, 9.17) is 16.3 Å². The van der Waals surface area contributed by atoms with Crippen LogP contribution in [0.1, 0.15) is 79.1 Å². The third-order valence-electron chi connectivity index (χ3n) is 5.14. The van der Waals surface area contributed by atoms with E-state index < -0.39 is 11.0 Å². The summed E-state index contributed by atoms with van der Waals surface area (Å²) in [5, 5.41) is 2.03. The van der Waals surface area contributed by atoms with Crippen molar-refractivity contribution in [3.8, 4) is 0 Å². The second-order valence-electron chi connectivity index (χ2n) is 7.01. The van der Waals surface area contributed by atoms with Crippen LogP contribution >= 0.6 is 11.6 Å². The van der Waals surface area contributed by atoms with Gasteiger partial charge in [-0.05, 0) is 43.5 Å². The molecule has 1 heterocycles. The third kappa shape index (κ3) is 6.54. The number of halogens is 1. The number of carbonyl (C=O) groups is 2. The van der Waals surface area contributed by atoms with Crippen molar-refractivity contribution < 1.29 is 14.3 Å². The maximum Gasteiger partial charge on any atom is 0.274 e. The molecule has 0 aromatic carbocycles. The zero-order valence-electron chi connectivity index (χ0n) is 16.3. The summed E-state index contributed by atoms with van der Waals surface area (Å²) in [4.78, 5) is 25.8. The van der Waals surface area contributed by atoms with Gasteiger partial charge >= 0.3 is 0 Å². The van der Waals surface area contributed by atoms with Crippen LogP contribution in [0.15, 0.2) is 0 Å².